The van der Waals surface area contributed by atoms with Gasteiger partial charge in [-0.05, 0) is 104 Å². The number of aromatic nitrogens is 2. The zero-order valence-electron chi connectivity index (χ0n) is 23.8. The second kappa shape index (κ2) is 9.66. The Kier molecular flexibility index (Phi) is 5.77. The second-order valence-corrected chi connectivity index (χ2v) is 12.2. The highest BCUT2D eigenvalue weighted by molar-refractivity contribution is 6.22. The highest BCUT2D eigenvalue weighted by Gasteiger charge is 2.36. The van der Waals surface area contributed by atoms with Gasteiger partial charge in [-0.15, -0.1) is 0 Å². The molecule has 2 aromatic heterocycles. The van der Waals surface area contributed by atoms with Crippen LogP contribution in [-0.4, -0.2) is 9.13 Å². The highest BCUT2D eigenvalue weighted by Crippen LogP contribution is 2.50. The third-order valence-electron chi connectivity index (χ3n) is 10.1. The number of allylic oxidation sites excluding steroid dienone is 2. The van der Waals surface area contributed by atoms with Gasteiger partial charge < -0.3 is 9.13 Å². The maximum atomic E-state index is 3.94. The Morgan fingerprint density at radius 2 is 1.44 bits per heavy atom. The van der Waals surface area contributed by atoms with Crippen molar-refractivity contribution in [3.63, 3.8) is 0 Å². The lowest BCUT2D eigenvalue weighted by molar-refractivity contribution is 0.145. The topological polar surface area (TPSA) is 9.86 Å². The van der Waals surface area contributed by atoms with E-state index in [1.807, 2.05) is 12.2 Å². The van der Waals surface area contributed by atoms with Gasteiger partial charge in [0.2, 0.25) is 0 Å². The van der Waals surface area contributed by atoms with Crippen LogP contribution in [0.5, 0.6) is 0 Å². The van der Waals surface area contributed by atoms with Crippen LogP contribution in [0.15, 0.2) is 110 Å². The van der Waals surface area contributed by atoms with Gasteiger partial charge in [0.15, 0.2) is 0 Å². The number of hydrogen-bond acceptors (Lipinski definition) is 0. The summed E-state index contributed by atoms with van der Waals surface area (Å²) >= 11 is 0. The summed E-state index contributed by atoms with van der Waals surface area (Å²) in [6.45, 7) is 6.22. The molecule has 2 heterocycles. The van der Waals surface area contributed by atoms with Crippen LogP contribution in [0.1, 0.15) is 54.8 Å². The molecule has 202 valence electrons. The molecule has 3 saturated carbocycles. The lowest BCUT2D eigenvalue weighted by Gasteiger charge is -2.42. The molecule has 0 saturated heterocycles. The van der Waals surface area contributed by atoms with Gasteiger partial charge >= 0.3 is 0 Å². The Morgan fingerprint density at radius 1 is 0.707 bits per heavy atom. The molecule has 9 rings (SSSR count). The minimum Gasteiger partial charge on any atom is -0.310 e. The summed E-state index contributed by atoms with van der Waals surface area (Å²) in [7, 11) is 0. The maximum absolute atomic E-state index is 3.94. The fraction of sp³-hybridized carbons (Fsp3) is 0.231. The number of hydrogen-bond donors (Lipinski definition) is 0. The number of fused-ring (bicyclic) bond motifs is 8. The van der Waals surface area contributed by atoms with Gasteiger partial charge in [0, 0.05) is 33.2 Å². The molecular formula is C39H36N2. The third-order valence-corrected chi connectivity index (χ3v) is 10.1. The van der Waals surface area contributed by atoms with Crippen molar-refractivity contribution in [1.82, 2.24) is 9.13 Å². The van der Waals surface area contributed by atoms with Crippen LogP contribution in [0.4, 0.5) is 0 Å². The summed E-state index contributed by atoms with van der Waals surface area (Å²) in [5.41, 5.74) is 10.3. The van der Waals surface area contributed by atoms with E-state index in [-0.39, 0.29) is 0 Å². The first kappa shape index (κ1) is 24.5. The van der Waals surface area contributed by atoms with Gasteiger partial charge in [-0.1, -0.05) is 80.1 Å². The molecule has 0 spiro atoms. The number of benzene rings is 4. The lowest BCUT2D eigenvalue weighted by Crippen LogP contribution is -2.29. The standard InChI is InChI=1S/C39H36N2/c1-3-4-16-34-26(2)38-36(40(34)30-12-6-5-7-13-30)22-23-37-39(38)32-15-8-9-17-35(32)41(37)31-14-10-11-29(25-31)33-24-27-18-20-28(33)21-19-27/h3-17,22-23,25,27-28,33H,1,18-21,24H2,2H3/b16-4-. The van der Waals surface area contributed by atoms with E-state index in [9.17, 15) is 0 Å². The van der Waals surface area contributed by atoms with Crippen LogP contribution in [0.2, 0.25) is 0 Å². The highest BCUT2D eigenvalue weighted by atomic mass is 15.0. The molecule has 2 bridgehead atoms. The molecule has 6 aromatic rings. The van der Waals surface area contributed by atoms with E-state index in [1.54, 1.807) is 0 Å². The van der Waals surface area contributed by atoms with Crippen LogP contribution in [0.25, 0.3) is 50.2 Å². The monoisotopic (exact) mass is 532 g/mol. The van der Waals surface area contributed by atoms with Crippen molar-refractivity contribution in [3.05, 3.63) is 127 Å². The molecule has 3 fully saturated rings. The number of rotatable bonds is 5. The van der Waals surface area contributed by atoms with Crippen molar-refractivity contribution in [1.29, 1.82) is 0 Å². The summed E-state index contributed by atoms with van der Waals surface area (Å²) in [5.74, 6) is 2.50. The minimum absolute atomic E-state index is 0.712. The fourth-order valence-electron chi connectivity index (χ4n) is 8.21. The molecule has 1 atom stereocenters. The van der Waals surface area contributed by atoms with E-state index in [2.05, 4.69) is 120 Å². The number of nitrogens with zero attached hydrogens (tertiary/aromatic N) is 2. The quantitative estimate of drug-likeness (QED) is 0.195. The van der Waals surface area contributed by atoms with E-state index in [4.69, 9.17) is 0 Å². The summed E-state index contributed by atoms with van der Waals surface area (Å²) in [5, 5.41) is 3.97. The Morgan fingerprint density at radius 3 is 2.20 bits per heavy atom. The van der Waals surface area contributed by atoms with E-state index in [0.717, 1.165) is 11.8 Å². The van der Waals surface area contributed by atoms with Crippen molar-refractivity contribution < 1.29 is 0 Å². The van der Waals surface area contributed by atoms with Gasteiger partial charge in [0.1, 0.15) is 0 Å². The van der Waals surface area contributed by atoms with Crippen molar-refractivity contribution in [2.45, 2.75) is 44.9 Å². The van der Waals surface area contributed by atoms with E-state index < -0.39 is 0 Å². The second-order valence-electron chi connectivity index (χ2n) is 12.2. The summed E-state index contributed by atoms with van der Waals surface area (Å²) in [4.78, 5) is 0. The zero-order chi connectivity index (χ0) is 27.5. The molecule has 0 aliphatic heterocycles. The Hall–Kier alpha value is -4.30. The van der Waals surface area contributed by atoms with Gasteiger partial charge in [-0.3, -0.25) is 0 Å². The molecule has 1 unspecified atom stereocenters. The third kappa shape index (κ3) is 3.77. The first-order chi connectivity index (χ1) is 20.2. The van der Waals surface area contributed by atoms with Crippen molar-refractivity contribution >= 4 is 38.8 Å². The van der Waals surface area contributed by atoms with E-state index >= 15 is 0 Å². The molecule has 0 amide bonds. The van der Waals surface area contributed by atoms with Crippen molar-refractivity contribution in [2.75, 3.05) is 0 Å². The molecule has 2 nitrogen and oxygen atoms in total. The van der Waals surface area contributed by atoms with Crippen LogP contribution in [0, 0.1) is 18.8 Å². The Balaban J connectivity index is 1.40. The first-order valence-electron chi connectivity index (χ1n) is 15.2. The van der Waals surface area contributed by atoms with E-state index in [0.29, 0.717) is 5.92 Å². The largest absolute Gasteiger partial charge is 0.310 e. The molecule has 0 radical (unpaired) electrons. The Bertz CT molecular complexity index is 1960. The average Bonchev–Trinajstić information content (AvgIpc) is 3.52. The van der Waals surface area contributed by atoms with Crippen LogP contribution in [0.3, 0.4) is 0 Å². The fourth-order valence-corrected chi connectivity index (χ4v) is 8.21. The predicted molar refractivity (Wildman–Crippen MR) is 174 cm³/mol. The summed E-state index contributed by atoms with van der Waals surface area (Å²) < 4.78 is 4.90. The molecule has 41 heavy (non-hydrogen) atoms. The smallest absolute Gasteiger partial charge is 0.0548 e. The minimum atomic E-state index is 0.712. The Labute approximate surface area is 242 Å². The summed E-state index contributed by atoms with van der Waals surface area (Å²) in [6, 6.07) is 33.8. The van der Waals surface area contributed by atoms with Gasteiger partial charge in [0.05, 0.1) is 16.6 Å². The molecule has 3 aliphatic carbocycles. The molecular weight excluding hydrogens is 496 g/mol. The van der Waals surface area contributed by atoms with Crippen molar-refractivity contribution in [3.8, 4) is 11.4 Å². The van der Waals surface area contributed by atoms with Crippen LogP contribution < -0.4 is 0 Å². The molecule has 2 heteroatoms. The zero-order valence-corrected chi connectivity index (χ0v) is 23.8. The van der Waals surface area contributed by atoms with Gasteiger partial charge in [-0.25, -0.2) is 0 Å². The molecule has 3 aliphatic rings. The SMILES string of the molecule is C=C/C=C\c1c(C)c2c3c4ccccc4n(-c4cccc(C5CC6CCC5CC6)c4)c3ccc2n1-c1ccccc1. The number of para-hydroxylation sites is 2. The average molecular weight is 533 g/mol. The van der Waals surface area contributed by atoms with Crippen LogP contribution >= 0.6 is 0 Å². The first-order valence-corrected chi connectivity index (χ1v) is 15.2. The molecule has 4 aromatic carbocycles. The van der Waals surface area contributed by atoms with E-state index in [1.165, 1.54) is 93.0 Å². The van der Waals surface area contributed by atoms with Crippen LogP contribution in [-0.2, 0) is 0 Å². The van der Waals surface area contributed by atoms with Gasteiger partial charge in [-0.2, -0.15) is 0 Å². The lowest BCUT2D eigenvalue weighted by atomic mass is 9.63. The molecule has 0 N–H and O–H groups in total. The number of aryl methyl sites for hydroxylation is 1. The maximum Gasteiger partial charge on any atom is 0.0548 e. The summed E-state index contributed by atoms with van der Waals surface area (Å²) in [6.07, 6.45) is 13.2. The van der Waals surface area contributed by atoms with Gasteiger partial charge in [0.25, 0.3) is 0 Å². The van der Waals surface area contributed by atoms with Crippen molar-refractivity contribution in [2.24, 2.45) is 11.8 Å². The normalized spacial score (nSPS) is 20.6. The predicted octanol–water partition coefficient (Wildman–Crippen LogP) is 10.5.